The van der Waals surface area contributed by atoms with E-state index in [9.17, 15) is 0 Å². The zero-order valence-corrected chi connectivity index (χ0v) is 10.5. The number of hydrogen-bond donors (Lipinski definition) is 1. The van der Waals surface area contributed by atoms with Crippen LogP contribution in [0.4, 0.5) is 5.69 Å². The van der Waals surface area contributed by atoms with Crippen molar-refractivity contribution in [2.75, 3.05) is 25.0 Å². The lowest BCUT2D eigenvalue weighted by Gasteiger charge is -2.12. The highest BCUT2D eigenvalue weighted by atomic mass is 15.1. The summed E-state index contributed by atoms with van der Waals surface area (Å²) in [5.41, 5.74) is 4.11. The Balaban J connectivity index is 1.93. The molecular weight excluding hydrogens is 210 g/mol. The molecule has 0 aromatic heterocycles. The van der Waals surface area contributed by atoms with Gasteiger partial charge in [0.15, 0.2) is 0 Å². The third kappa shape index (κ3) is 2.78. The third-order valence-electron chi connectivity index (χ3n) is 3.27. The third-order valence-corrected chi connectivity index (χ3v) is 3.27. The predicted octanol–water partition coefficient (Wildman–Crippen LogP) is 1.93. The number of nitrogens with one attached hydrogen (secondary N) is 1. The first-order valence-electron chi connectivity index (χ1n) is 6.14. The smallest absolute Gasteiger partial charge is 0.0666 e. The Morgan fingerprint density at radius 3 is 3.12 bits per heavy atom. The monoisotopic (exact) mass is 229 g/mol. The van der Waals surface area contributed by atoms with E-state index in [1.807, 2.05) is 6.92 Å². The minimum atomic E-state index is 0.0792. The van der Waals surface area contributed by atoms with Crippen molar-refractivity contribution in [3.05, 3.63) is 29.3 Å². The van der Waals surface area contributed by atoms with Crippen LogP contribution in [0.25, 0.3) is 0 Å². The molecule has 2 rings (SSSR count). The summed E-state index contributed by atoms with van der Waals surface area (Å²) >= 11 is 0. The van der Waals surface area contributed by atoms with Crippen molar-refractivity contribution in [1.29, 1.82) is 5.26 Å². The number of anilines is 1. The van der Waals surface area contributed by atoms with E-state index in [1.54, 1.807) is 0 Å². The molecule has 1 aromatic rings. The van der Waals surface area contributed by atoms with Crippen molar-refractivity contribution in [3.8, 4) is 6.07 Å². The summed E-state index contributed by atoms with van der Waals surface area (Å²) < 4.78 is 0. The van der Waals surface area contributed by atoms with Crippen LogP contribution in [0.1, 0.15) is 18.1 Å². The maximum Gasteiger partial charge on any atom is 0.0666 e. The van der Waals surface area contributed by atoms with Crippen LogP contribution in [-0.2, 0) is 13.0 Å². The van der Waals surface area contributed by atoms with Crippen LogP contribution >= 0.6 is 0 Å². The fourth-order valence-corrected chi connectivity index (χ4v) is 2.21. The molecule has 3 heteroatoms. The first-order valence-corrected chi connectivity index (χ1v) is 6.14. The van der Waals surface area contributed by atoms with Gasteiger partial charge in [0.2, 0.25) is 0 Å². The van der Waals surface area contributed by atoms with Crippen LogP contribution in [0.5, 0.6) is 0 Å². The van der Waals surface area contributed by atoms with Gasteiger partial charge in [-0.2, -0.15) is 5.26 Å². The number of nitrogens with zero attached hydrogens (tertiary/aromatic N) is 2. The minimum absolute atomic E-state index is 0.0792. The largest absolute Gasteiger partial charge is 0.374 e. The molecule has 0 amide bonds. The molecule has 0 saturated carbocycles. The first-order chi connectivity index (χ1) is 8.20. The molecule has 1 aliphatic heterocycles. The Morgan fingerprint density at radius 2 is 2.35 bits per heavy atom. The summed E-state index contributed by atoms with van der Waals surface area (Å²) in [6.45, 7) is 4.67. The van der Waals surface area contributed by atoms with E-state index in [-0.39, 0.29) is 5.92 Å². The second-order valence-corrected chi connectivity index (χ2v) is 4.80. The lowest BCUT2D eigenvalue weighted by molar-refractivity contribution is 0.601. The van der Waals surface area contributed by atoms with Gasteiger partial charge in [0.25, 0.3) is 0 Å². The van der Waals surface area contributed by atoms with Crippen molar-refractivity contribution < 1.29 is 0 Å². The van der Waals surface area contributed by atoms with Gasteiger partial charge in [-0.15, -0.1) is 0 Å². The molecule has 90 valence electrons. The molecule has 1 atom stereocenters. The molecule has 1 N–H and O–H groups in total. The van der Waals surface area contributed by atoms with E-state index in [2.05, 4.69) is 41.5 Å². The maximum absolute atomic E-state index is 8.69. The Bertz CT molecular complexity index is 434. The van der Waals surface area contributed by atoms with Crippen LogP contribution in [0.3, 0.4) is 0 Å². The number of rotatable bonds is 4. The Morgan fingerprint density at radius 1 is 1.53 bits per heavy atom. The summed E-state index contributed by atoms with van der Waals surface area (Å²) in [4.78, 5) is 2.30. The molecule has 1 heterocycles. The number of hydrogen-bond acceptors (Lipinski definition) is 3. The second kappa shape index (κ2) is 5.20. The van der Waals surface area contributed by atoms with E-state index in [0.717, 1.165) is 26.1 Å². The van der Waals surface area contributed by atoms with Crippen molar-refractivity contribution in [2.45, 2.75) is 19.9 Å². The predicted molar refractivity (Wildman–Crippen MR) is 69.9 cm³/mol. The van der Waals surface area contributed by atoms with Gasteiger partial charge in [-0.1, -0.05) is 12.1 Å². The van der Waals surface area contributed by atoms with Gasteiger partial charge < -0.3 is 10.2 Å². The van der Waals surface area contributed by atoms with Gasteiger partial charge in [-0.3, -0.25) is 0 Å². The number of fused-ring (bicyclic) bond motifs is 1. The SMILES string of the molecule is CC(C#N)CNCc1ccc2c(c1)CCN2C. The van der Waals surface area contributed by atoms with E-state index < -0.39 is 0 Å². The maximum atomic E-state index is 8.69. The molecule has 17 heavy (non-hydrogen) atoms. The van der Waals surface area contributed by atoms with Gasteiger partial charge in [0, 0.05) is 32.4 Å². The lowest BCUT2D eigenvalue weighted by atomic mass is 10.1. The van der Waals surface area contributed by atoms with Crippen molar-refractivity contribution in [3.63, 3.8) is 0 Å². The minimum Gasteiger partial charge on any atom is -0.374 e. The molecule has 0 spiro atoms. The highest BCUT2D eigenvalue weighted by Crippen LogP contribution is 2.27. The van der Waals surface area contributed by atoms with E-state index in [0.29, 0.717) is 0 Å². The van der Waals surface area contributed by atoms with E-state index >= 15 is 0 Å². The zero-order chi connectivity index (χ0) is 12.3. The fourth-order valence-electron chi connectivity index (χ4n) is 2.21. The normalized spacial score (nSPS) is 15.5. The molecule has 0 saturated heterocycles. The zero-order valence-electron chi connectivity index (χ0n) is 10.5. The summed E-state index contributed by atoms with van der Waals surface area (Å²) in [5.74, 6) is 0.0792. The van der Waals surface area contributed by atoms with Gasteiger partial charge in [0.05, 0.1) is 12.0 Å². The van der Waals surface area contributed by atoms with Crippen molar-refractivity contribution in [1.82, 2.24) is 5.32 Å². The molecule has 1 aromatic carbocycles. The molecule has 0 aliphatic carbocycles. The molecule has 0 bridgehead atoms. The molecule has 0 radical (unpaired) electrons. The summed E-state index contributed by atoms with van der Waals surface area (Å²) in [6, 6.07) is 8.88. The Kier molecular flexibility index (Phi) is 3.65. The quantitative estimate of drug-likeness (QED) is 0.857. The number of likely N-dealkylation sites (N-methyl/N-ethyl adjacent to an activating group) is 1. The van der Waals surface area contributed by atoms with Crippen LogP contribution in [0, 0.1) is 17.2 Å². The van der Waals surface area contributed by atoms with Crippen LogP contribution in [0.2, 0.25) is 0 Å². The van der Waals surface area contributed by atoms with Crippen LogP contribution < -0.4 is 10.2 Å². The van der Waals surface area contributed by atoms with Gasteiger partial charge in [0.1, 0.15) is 0 Å². The Labute approximate surface area is 103 Å². The molecule has 1 aliphatic rings. The van der Waals surface area contributed by atoms with Gasteiger partial charge in [-0.05, 0) is 30.5 Å². The topological polar surface area (TPSA) is 39.1 Å². The van der Waals surface area contributed by atoms with E-state index in [4.69, 9.17) is 5.26 Å². The molecule has 0 fully saturated rings. The Hall–Kier alpha value is -1.53. The highest BCUT2D eigenvalue weighted by molar-refractivity contribution is 5.58. The van der Waals surface area contributed by atoms with E-state index in [1.165, 1.54) is 16.8 Å². The fraction of sp³-hybridized carbons (Fsp3) is 0.500. The average Bonchev–Trinajstić information content (AvgIpc) is 2.70. The van der Waals surface area contributed by atoms with Crippen LogP contribution in [0.15, 0.2) is 18.2 Å². The first kappa shape index (κ1) is 11.9. The standard InChI is InChI=1S/C14H19N3/c1-11(8-15)9-16-10-12-3-4-14-13(7-12)5-6-17(14)2/h3-4,7,11,16H,5-6,9-10H2,1-2H3. The van der Waals surface area contributed by atoms with Gasteiger partial charge in [-0.25, -0.2) is 0 Å². The van der Waals surface area contributed by atoms with Gasteiger partial charge >= 0.3 is 0 Å². The summed E-state index contributed by atoms with van der Waals surface area (Å²) in [5, 5.41) is 12.0. The number of benzene rings is 1. The number of nitriles is 1. The average molecular weight is 229 g/mol. The molecule has 3 nitrogen and oxygen atoms in total. The lowest BCUT2D eigenvalue weighted by Crippen LogP contribution is -2.19. The second-order valence-electron chi connectivity index (χ2n) is 4.80. The summed E-state index contributed by atoms with van der Waals surface area (Å²) in [7, 11) is 2.14. The highest BCUT2D eigenvalue weighted by Gasteiger charge is 2.15. The molecule has 1 unspecified atom stereocenters. The van der Waals surface area contributed by atoms with Crippen LogP contribution in [-0.4, -0.2) is 20.1 Å². The molecular formula is C14H19N3. The van der Waals surface area contributed by atoms with Crippen molar-refractivity contribution >= 4 is 5.69 Å². The van der Waals surface area contributed by atoms with Crippen molar-refractivity contribution in [2.24, 2.45) is 5.92 Å². The summed E-state index contributed by atoms with van der Waals surface area (Å²) in [6.07, 6.45) is 1.15.